The molecule has 0 bridgehead atoms. The van der Waals surface area contributed by atoms with Gasteiger partial charge in [-0.2, -0.15) is 0 Å². The first-order valence-electron chi connectivity index (χ1n) is 6.70. The van der Waals surface area contributed by atoms with Crippen LogP contribution < -0.4 is 0 Å². The number of carbonyl (C=O) groups excluding carboxylic acids is 2. The third-order valence-electron chi connectivity index (χ3n) is 3.31. The van der Waals surface area contributed by atoms with Crippen molar-refractivity contribution >= 4 is 11.6 Å². The summed E-state index contributed by atoms with van der Waals surface area (Å²) in [6, 6.07) is 5.00. The number of aryl methyl sites for hydroxylation is 1. The molecule has 0 aromatic heterocycles. The molecule has 0 fully saturated rings. The van der Waals surface area contributed by atoms with Crippen molar-refractivity contribution in [2.75, 3.05) is 14.2 Å². The molecule has 2 aromatic rings. The highest BCUT2D eigenvalue weighted by Gasteiger charge is 2.34. The third-order valence-corrected chi connectivity index (χ3v) is 3.31. The molecule has 0 amide bonds. The van der Waals surface area contributed by atoms with Crippen LogP contribution in [0.4, 0.5) is 0 Å². The van der Waals surface area contributed by atoms with E-state index in [1.165, 1.54) is 12.1 Å². The van der Waals surface area contributed by atoms with Crippen molar-refractivity contribution in [1.82, 2.24) is 0 Å². The third kappa shape index (κ3) is 2.76. The fraction of sp³-hybridized carbons (Fsp3) is 0.176. The summed E-state index contributed by atoms with van der Waals surface area (Å²) >= 11 is 0. The highest BCUT2D eigenvalue weighted by Crippen LogP contribution is 2.38. The van der Waals surface area contributed by atoms with Gasteiger partial charge in [0.15, 0.2) is 5.78 Å². The van der Waals surface area contributed by atoms with E-state index < -0.39 is 17.3 Å². The minimum absolute atomic E-state index is 0.0648. The van der Waals surface area contributed by atoms with Crippen molar-refractivity contribution < 1.29 is 29.6 Å². The standard InChI is InChI=1S/C15H10O5.C2H6O/c1-6-2-8-12(10(17)3-6)15(20)13-9(14(8)19)4-7(16)5-11(13)18;1-3-2/h2-5,16-18H,1H3;1-2H3. The summed E-state index contributed by atoms with van der Waals surface area (Å²) in [6.45, 7) is 1.69. The second kappa shape index (κ2) is 6.10. The highest BCUT2D eigenvalue weighted by molar-refractivity contribution is 6.30. The number of benzene rings is 2. The summed E-state index contributed by atoms with van der Waals surface area (Å²) in [6.07, 6.45) is 0. The van der Waals surface area contributed by atoms with E-state index in [0.717, 1.165) is 12.1 Å². The predicted molar refractivity (Wildman–Crippen MR) is 82.4 cm³/mol. The SMILES string of the molecule is COC.Cc1cc(O)c2c(c1)C(=O)c1cc(O)cc(O)c1C2=O. The van der Waals surface area contributed by atoms with Crippen LogP contribution in [0.3, 0.4) is 0 Å². The predicted octanol–water partition coefficient (Wildman–Crippen LogP) is 2.15. The number of ketones is 2. The Morgan fingerprint density at radius 3 is 1.83 bits per heavy atom. The number of aromatic hydroxyl groups is 3. The molecule has 6 heteroatoms. The molecular formula is C17H16O6. The molecule has 0 saturated carbocycles. The summed E-state index contributed by atoms with van der Waals surface area (Å²) in [4.78, 5) is 24.7. The number of carbonyl (C=O) groups is 2. The molecule has 0 heterocycles. The Balaban J connectivity index is 0.000000595. The quantitative estimate of drug-likeness (QED) is 0.587. The van der Waals surface area contributed by atoms with E-state index in [9.17, 15) is 24.9 Å². The van der Waals surface area contributed by atoms with Crippen molar-refractivity contribution in [2.24, 2.45) is 0 Å². The first kappa shape index (κ1) is 16.5. The molecule has 6 nitrogen and oxygen atoms in total. The topological polar surface area (TPSA) is 104 Å². The number of hydrogen-bond donors (Lipinski definition) is 3. The first-order chi connectivity index (χ1) is 10.8. The van der Waals surface area contributed by atoms with Gasteiger partial charge in [-0.05, 0) is 30.7 Å². The molecule has 3 N–H and O–H groups in total. The van der Waals surface area contributed by atoms with E-state index in [0.29, 0.717) is 5.56 Å². The van der Waals surface area contributed by atoms with Crippen molar-refractivity contribution in [3.05, 3.63) is 52.1 Å². The molecule has 0 atom stereocenters. The Morgan fingerprint density at radius 2 is 1.26 bits per heavy atom. The Bertz CT molecular complexity index is 744. The summed E-state index contributed by atoms with van der Waals surface area (Å²) < 4.78 is 4.25. The van der Waals surface area contributed by atoms with Crippen molar-refractivity contribution in [2.45, 2.75) is 6.92 Å². The van der Waals surface area contributed by atoms with E-state index in [1.54, 1.807) is 21.1 Å². The fourth-order valence-corrected chi connectivity index (χ4v) is 2.48. The zero-order valence-corrected chi connectivity index (χ0v) is 12.9. The van der Waals surface area contributed by atoms with Crippen molar-refractivity contribution in [1.29, 1.82) is 0 Å². The molecule has 0 aliphatic heterocycles. The number of ether oxygens (including phenoxy) is 1. The lowest BCUT2D eigenvalue weighted by Crippen LogP contribution is -2.21. The lowest BCUT2D eigenvalue weighted by molar-refractivity contribution is 0.0974. The largest absolute Gasteiger partial charge is 0.508 e. The van der Waals surface area contributed by atoms with E-state index >= 15 is 0 Å². The average molecular weight is 316 g/mol. The Hall–Kier alpha value is -2.86. The van der Waals surface area contributed by atoms with Gasteiger partial charge in [-0.25, -0.2) is 0 Å². The van der Waals surface area contributed by atoms with Crippen molar-refractivity contribution in [3.63, 3.8) is 0 Å². The molecular weight excluding hydrogens is 300 g/mol. The second-order valence-electron chi connectivity index (χ2n) is 5.16. The van der Waals surface area contributed by atoms with Gasteiger partial charge in [0.05, 0.1) is 11.1 Å². The van der Waals surface area contributed by atoms with Crippen LogP contribution in [-0.4, -0.2) is 41.1 Å². The monoisotopic (exact) mass is 316 g/mol. The van der Waals surface area contributed by atoms with Crippen LogP contribution in [0, 0.1) is 6.92 Å². The maximum Gasteiger partial charge on any atom is 0.201 e. The molecule has 1 aliphatic rings. The van der Waals surface area contributed by atoms with E-state index in [4.69, 9.17) is 0 Å². The number of phenols is 3. The van der Waals surface area contributed by atoms with Gasteiger partial charge < -0.3 is 20.1 Å². The molecule has 0 unspecified atom stereocenters. The molecule has 0 spiro atoms. The smallest absolute Gasteiger partial charge is 0.201 e. The summed E-state index contributed by atoms with van der Waals surface area (Å²) in [5, 5.41) is 29.1. The van der Waals surface area contributed by atoms with Crippen LogP contribution in [0.2, 0.25) is 0 Å². The zero-order chi connectivity index (χ0) is 17.3. The second-order valence-corrected chi connectivity index (χ2v) is 5.16. The van der Waals surface area contributed by atoms with Gasteiger partial charge in [-0.1, -0.05) is 0 Å². The maximum atomic E-state index is 12.4. The van der Waals surface area contributed by atoms with Gasteiger partial charge in [0.25, 0.3) is 0 Å². The van der Waals surface area contributed by atoms with E-state index in [1.807, 2.05) is 0 Å². The zero-order valence-electron chi connectivity index (χ0n) is 12.9. The summed E-state index contributed by atoms with van der Waals surface area (Å²) in [7, 11) is 3.25. The highest BCUT2D eigenvalue weighted by atomic mass is 16.4. The van der Waals surface area contributed by atoms with Crippen LogP contribution in [0.15, 0.2) is 24.3 Å². The number of rotatable bonds is 0. The Kier molecular flexibility index (Phi) is 4.38. The van der Waals surface area contributed by atoms with Gasteiger partial charge >= 0.3 is 0 Å². The van der Waals surface area contributed by atoms with E-state index in [-0.39, 0.29) is 33.8 Å². The maximum absolute atomic E-state index is 12.4. The molecule has 0 saturated heterocycles. The van der Waals surface area contributed by atoms with Gasteiger partial charge in [0.1, 0.15) is 17.2 Å². The van der Waals surface area contributed by atoms with Crippen LogP contribution >= 0.6 is 0 Å². The minimum atomic E-state index is -0.635. The van der Waals surface area contributed by atoms with Crippen LogP contribution in [0.5, 0.6) is 17.2 Å². The lowest BCUT2D eigenvalue weighted by atomic mass is 9.82. The van der Waals surface area contributed by atoms with Crippen LogP contribution in [0.25, 0.3) is 0 Å². The van der Waals surface area contributed by atoms with Gasteiger partial charge in [0.2, 0.25) is 5.78 Å². The minimum Gasteiger partial charge on any atom is -0.508 e. The first-order valence-corrected chi connectivity index (χ1v) is 6.70. The molecule has 0 radical (unpaired) electrons. The fourth-order valence-electron chi connectivity index (χ4n) is 2.48. The summed E-state index contributed by atoms with van der Waals surface area (Å²) in [5.74, 6) is -2.23. The van der Waals surface area contributed by atoms with Crippen LogP contribution in [0.1, 0.15) is 37.4 Å². The van der Waals surface area contributed by atoms with E-state index in [2.05, 4.69) is 4.74 Å². The number of fused-ring (bicyclic) bond motifs is 2. The molecule has 3 rings (SSSR count). The normalized spacial score (nSPS) is 12.1. The molecule has 2 aromatic carbocycles. The Morgan fingerprint density at radius 1 is 0.783 bits per heavy atom. The van der Waals surface area contributed by atoms with Crippen LogP contribution in [-0.2, 0) is 4.74 Å². The molecule has 120 valence electrons. The molecule has 23 heavy (non-hydrogen) atoms. The molecule has 1 aliphatic carbocycles. The van der Waals surface area contributed by atoms with Gasteiger partial charge in [-0.15, -0.1) is 0 Å². The lowest BCUT2D eigenvalue weighted by Gasteiger charge is -2.19. The van der Waals surface area contributed by atoms with Crippen molar-refractivity contribution in [3.8, 4) is 17.2 Å². The number of phenolic OH excluding ortho intramolecular Hbond substituents is 3. The summed E-state index contributed by atoms with van der Waals surface area (Å²) in [5.41, 5.74) is 0.332. The number of hydrogen-bond acceptors (Lipinski definition) is 6. The van der Waals surface area contributed by atoms with Gasteiger partial charge in [-0.3, -0.25) is 9.59 Å². The Labute approximate surface area is 132 Å². The number of methoxy groups -OCH3 is 1. The average Bonchev–Trinajstić information content (AvgIpc) is 2.44. The van der Waals surface area contributed by atoms with Gasteiger partial charge in [0, 0.05) is 31.4 Å².